The van der Waals surface area contributed by atoms with E-state index < -0.39 is 5.91 Å². The summed E-state index contributed by atoms with van der Waals surface area (Å²) in [5.41, 5.74) is 2.84. The fourth-order valence-electron chi connectivity index (χ4n) is 2.06. The molecule has 0 bridgehead atoms. The first-order valence-electron chi connectivity index (χ1n) is 7.79. The molecule has 2 aromatic carbocycles. The number of hydroxylamine groups is 1. The van der Waals surface area contributed by atoms with Gasteiger partial charge in [0.15, 0.2) is 0 Å². The molecule has 0 aliphatic rings. The van der Waals surface area contributed by atoms with Crippen molar-refractivity contribution in [3.8, 4) is 5.75 Å². The van der Waals surface area contributed by atoms with E-state index in [1.807, 2.05) is 37.3 Å². The number of amides is 2. The predicted octanol–water partition coefficient (Wildman–Crippen LogP) is 2.40. The monoisotopic (exact) mass is 340 g/mol. The average Bonchev–Trinajstić information content (AvgIpc) is 2.65. The van der Waals surface area contributed by atoms with E-state index in [0.717, 1.165) is 5.56 Å². The fourth-order valence-corrected chi connectivity index (χ4v) is 2.06. The summed E-state index contributed by atoms with van der Waals surface area (Å²) in [6.45, 7) is 2.12. The Morgan fingerprint density at radius 1 is 1.12 bits per heavy atom. The molecule has 0 aromatic heterocycles. The molecule has 0 heterocycles. The number of hydrogen-bond donors (Lipinski definition) is 3. The Hall–Kier alpha value is -3.12. The molecule has 0 saturated carbocycles. The SMILES string of the molecule is C[C@H](COc1ccc(C(=O)NO)cc1)NC(=O)C=Cc1ccccc1. The summed E-state index contributed by atoms with van der Waals surface area (Å²) in [4.78, 5) is 23.1. The van der Waals surface area contributed by atoms with E-state index in [4.69, 9.17) is 9.94 Å². The molecule has 2 aromatic rings. The van der Waals surface area contributed by atoms with E-state index in [1.54, 1.807) is 23.7 Å². The van der Waals surface area contributed by atoms with Gasteiger partial charge < -0.3 is 10.1 Å². The summed E-state index contributed by atoms with van der Waals surface area (Å²) >= 11 is 0. The predicted molar refractivity (Wildman–Crippen MR) is 94.3 cm³/mol. The van der Waals surface area contributed by atoms with E-state index in [9.17, 15) is 9.59 Å². The van der Waals surface area contributed by atoms with Gasteiger partial charge in [0.2, 0.25) is 5.91 Å². The van der Waals surface area contributed by atoms with E-state index in [0.29, 0.717) is 11.3 Å². The molecule has 0 radical (unpaired) electrons. The van der Waals surface area contributed by atoms with Gasteiger partial charge in [-0.25, -0.2) is 5.48 Å². The lowest BCUT2D eigenvalue weighted by atomic mass is 10.2. The highest BCUT2D eigenvalue weighted by Crippen LogP contribution is 2.12. The molecule has 130 valence electrons. The van der Waals surface area contributed by atoms with E-state index in [2.05, 4.69) is 5.32 Å². The van der Waals surface area contributed by atoms with Crippen molar-refractivity contribution in [2.75, 3.05) is 6.61 Å². The molecule has 2 amide bonds. The van der Waals surface area contributed by atoms with Crippen molar-refractivity contribution in [3.05, 3.63) is 71.8 Å². The van der Waals surface area contributed by atoms with Crippen LogP contribution in [-0.2, 0) is 4.79 Å². The van der Waals surface area contributed by atoms with Gasteiger partial charge in [-0.1, -0.05) is 30.3 Å². The van der Waals surface area contributed by atoms with E-state index >= 15 is 0 Å². The zero-order valence-corrected chi connectivity index (χ0v) is 13.8. The highest BCUT2D eigenvalue weighted by Gasteiger charge is 2.07. The van der Waals surface area contributed by atoms with Crippen LogP contribution in [0.15, 0.2) is 60.7 Å². The smallest absolute Gasteiger partial charge is 0.274 e. The van der Waals surface area contributed by atoms with Gasteiger partial charge in [0.05, 0.1) is 6.04 Å². The molecule has 6 nitrogen and oxygen atoms in total. The summed E-state index contributed by atoms with van der Waals surface area (Å²) in [5.74, 6) is -0.220. The Balaban J connectivity index is 1.78. The van der Waals surface area contributed by atoms with Crippen LogP contribution in [0.4, 0.5) is 0 Å². The number of carbonyl (C=O) groups is 2. The normalized spacial score (nSPS) is 11.8. The Labute approximate surface area is 146 Å². The summed E-state index contributed by atoms with van der Waals surface area (Å²) in [6, 6.07) is 15.7. The minimum atomic E-state index is -0.586. The Morgan fingerprint density at radius 2 is 1.80 bits per heavy atom. The van der Waals surface area contributed by atoms with Crippen molar-refractivity contribution < 1.29 is 19.5 Å². The zero-order chi connectivity index (χ0) is 18.1. The maximum absolute atomic E-state index is 11.9. The van der Waals surface area contributed by atoms with Crippen LogP contribution in [0, 0.1) is 0 Å². The third kappa shape index (κ3) is 6.12. The van der Waals surface area contributed by atoms with Crippen LogP contribution in [0.25, 0.3) is 6.08 Å². The Kier molecular flexibility index (Phi) is 6.74. The Morgan fingerprint density at radius 3 is 2.44 bits per heavy atom. The van der Waals surface area contributed by atoms with Crippen LogP contribution < -0.4 is 15.5 Å². The van der Waals surface area contributed by atoms with Gasteiger partial charge in [0, 0.05) is 11.6 Å². The number of hydrogen-bond acceptors (Lipinski definition) is 4. The molecule has 3 N–H and O–H groups in total. The third-order valence-corrected chi connectivity index (χ3v) is 3.33. The van der Waals surface area contributed by atoms with Gasteiger partial charge in [-0.2, -0.15) is 0 Å². The summed E-state index contributed by atoms with van der Waals surface area (Å²) in [7, 11) is 0. The number of benzene rings is 2. The molecule has 0 spiro atoms. The minimum Gasteiger partial charge on any atom is -0.491 e. The summed E-state index contributed by atoms with van der Waals surface area (Å²) < 4.78 is 5.57. The second kappa shape index (κ2) is 9.24. The first-order valence-corrected chi connectivity index (χ1v) is 7.79. The topological polar surface area (TPSA) is 87.7 Å². The van der Waals surface area contributed by atoms with Gasteiger partial charge in [-0.3, -0.25) is 14.8 Å². The van der Waals surface area contributed by atoms with Crippen molar-refractivity contribution in [1.29, 1.82) is 0 Å². The van der Waals surface area contributed by atoms with Crippen LogP contribution in [0.1, 0.15) is 22.8 Å². The molecular formula is C19H20N2O4. The van der Waals surface area contributed by atoms with E-state index in [1.165, 1.54) is 18.2 Å². The standard InChI is InChI=1S/C19H20N2O4/c1-14(20-18(22)12-7-15-5-3-2-4-6-15)13-25-17-10-8-16(9-11-17)19(23)21-24/h2-12,14,24H,13H2,1H3,(H,20,22)(H,21,23)/t14-/m1/s1. The van der Waals surface area contributed by atoms with Gasteiger partial charge in [-0.15, -0.1) is 0 Å². The van der Waals surface area contributed by atoms with Gasteiger partial charge in [0.1, 0.15) is 12.4 Å². The number of ether oxygens (including phenoxy) is 1. The molecule has 0 aliphatic heterocycles. The second-order valence-corrected chi connectivity index (χ2v) is 5.43. The van der Waals surface area contributed by atoms with Crippen LogP contribution in [0.2, 0.25) is 0 Å². The highest BCUT2D eigenvalue weighted by molar-refractivity contribution is 5.93. The van der Waals surface area contributed by atoms with Gasteiger partial charge in [0.25, 0.3) is 5.91 Å². The molecule has 25 heavy (non-hydrogen) atoms. The van der Waals surface area contributed by atoms with Crippen molar-refractivity contribution in [2.45, 2.75) is 13.0 Å². The van der Waals surface area contributed by atoms with Crippen LogP contribution in [0.5, 0.6) is 5.75 Å². The van der Waals surface area contributed by atoms with Gasteiger partial charge in [-0.05, 0) is 42.8 Å². The second-order valence-electron chi connectivity index (χ2n) is 5.43. The van der Waals surface area contributed by atoms with Crippen molar-refractivity contribution in [2.24, 2.45) is 0 Å². The van der Waals surface area contributed by atoms with Crippen molar-refractivity contribution in [3.63, 3.8) is 0 Å². The fraction of sp³-hybridized carbons (Fsp3) is 0.158. The van der Waals surface area contributed by atoms with E-state index in [-0.39, 0.29) is 18.6 Å². The first kappa shape index (κ1) is 18.2. The lowest BCUT2D eigenvalue weighted by Gasteiger charge is -2.14. The quantitative estimate of drug-likeness (QED) is 0.410. The Bertz CT molecular complexity index is 727. The molecule has 1 atom stereocenters. The molecule has 2 rings (SSSR count). The number of nitrogens with one attached hydrogen (secondary N) is 2. The molecule has 0 fully saturated rings. The van der Waals surface area contributed by atoms with Crippen molar-refractivity contribution in [1.82, 2.24) is 10.8 Å². The van der Waals surface area contributed by atoms with Crippen LogP contribution >= 0.6 is 0 Å². The van der Waals surface area contributed by atoms with Crippen LogP contribution in [0.3, 0.4) is 0 Å². The highest BCUT2D eigenvalue weighted by atomic mass is 16.5. The largest absolute Gasteiger partial charge is 0.491 e. The maximum atomic E-state index is 11.9. The minimum absolute atomic E-state index is 0.187. The van der Waals surface area contributed by atoms with Crippen LogP contribution in [-0.4, -0.2) is 29.7 Å². The first-order chi connectivity index (χ1) is 12.1. The molecule has 0 saturated heterocycles. The summed E-state index contributed by atoms with van der Waals surface area (Å²) in [5, 5.41) is 11.4. The average molecular weight is 340 g/mol. The number of rotatable bonds is 7. The number of carbonyl (C=O) groups excluding carboxylic acids is 2. The molecular weight excluding hydrogens is 320 g/mol. The maximum Gasteiger partial charge on any atom is 0.274 e. The lowest BCUT2D eigenvalue weighted by molar-refractivity contribution is -0.117. The lowest BCUT2D eigenvalue weighted by Crippen LogP contribution is -2.35. The zero-order valence-electron chi connectivity index (χ0n) is 13.8. The molecule has 6 heteroatoms. The molecule has 0 aliphatic carbocycles. The van der Waals surface area contributed by atoms with Gasteiger partial charge >= 0.3 is 0 Å². The summed E-state index contributed by atoms with van der Waals surface area (Å²) in [6.07, 6.45) is 3.22. The third-order valence-electron chi connectivity index (χ3n) is 3.33. The molecule has 0 unspecified atom stereocenters. The van der Waals surface area contributed by atoms with Crippen molar-refractivity contribution >= 4 is 17.9 Å².